The fourth-order valence-electron chi connectivity index (χ4n) is 9.15. The lowest BCUT2D eigenvalue weighted by atomic mass is 9.78. The van der Waals surface area contributed by atoms with Crippen molar-refractivity contribution in [2.24, 2.45) is 17.8 Å². The predicted molar refractivity (Wildman–Crippen MR) is 199 cm³/mol. The summed E-state index contributed by atoms with van der Waals surface area (Å²) in [4.78, 5) is 61.2. The lowest BCUT2D eigenvalue weighted by molar-refractivity contribution is -0.143. The maximum absolute atomic E-state index is 14.3. The van der Waals surface area contributed by atoms with Crippen LogP contribution in [0.25, 0.3) is 10.9 Å². The van der Waals surface area contributed by atoms with Crippen molar-refractivity contribution >= 4 is 40.4 Å². The number of amides is 4. The minimum atomic E-state index is -0.457. The molecule has 4 aliphatic rings. The van der Waals surface area contributed by atoms with Crippen molar-refractivity contribution in [1.29, 1.82) is 0 Å². The van der Waals surface area contributed by atoms with Gasteiger partial charge >= 0.3 is 12.0 Å². The molecule has 12 heteroatoms. The number of aromatic nitrogens is 2. The van der Waals surface area contributed by atoms with Crippen LogP contribution in [0.2, 0.25) is 0 Å². The molecule has 278 valence electrons. The molecular weight excluding hydrogens is 658 g/mol. The van der Waals surface area contributed by atoms with Crippen LogP contribution in [0.4, 0.5) is 10.5 Å². The predicted octanol–water partition coefficient (Wildman–Crippen LogP) is 4.62. The number of para-hydroxylation sites is 1. The number of nitrogens with one attached hydrogen (secondary N) is 2. The molecule has 5 heterocycles. The number of methoxy groups -OCH3 is 1. The van der Waals surface area contributed by atoms with E-state index in [0.717, 1.165) is 91.3 Å². The van der Waals surface area contributed by atoms with Crippen molar-refractivity contribution < 1.29 is 23.9 Å². The number of ether oxygens (including phenoxy) is 1. The molecular formula is C40H53N7O5. The maximum atomic E-state index is 14.3. The van der Waals surface area contributed by atoms with Gasteiger partial charge in [-0.05, 0) is 112 Å². The lowest BCUT2D eigenvalue weighted by Gasteiger charge is -2.41. The molecule has 12 nitrogen and oxygen atoms in total. The Morgan fingerprint density at radius 3 is 2.33 bits per heavy atom. The molecule has 1 aromatic heterocycles. The van der Waals surface area contributed by atoms with Gasteiger partial charge in [0.15, 0.2) is 0 Å². The van der Waals surface area contributed by atoms with E-state index in [4.69, 9.17) is 4.74 Å². The molecule has 52 heavy (non-hydrogen) atoms. The Bertz CT molecular complexity index is 1750. The highest BCUT2D eigenvalue weighted by Gasteiger charge is 2.36. The highest BCUT2D eigenvalue weighted by molar-refractivity contribution is 5.91. The first-order chi connectivity index (χ1) is 25.2. The number of aryl methyl sites for hydroxylation is 1. The number of carbonyl (C=O) groups excluding carboxylic acids is 4. The minimum Gasteiger partial charge on any atom is -0.468 e. The number of benzene rings is 2. The van der Waals surface area contributed by atoms with Crippen LogP contribution in [0.15, 0.2) is 42.6 Å². The van der Waals surface area contributed by atoms with Gasteiger partial charge in [-0.1, -0.05) is 24.3 Å². The van der Waals surface area contributed by atoms with Gasteiger partial charge in [0.05, 0.1) is 31.3 Å². The van der Waals surface area contributed by atoms with Crippen LogP contribution in [-0.2, 0) is 32.0 Å². The number of piperidine rings is 3. The Balaban J connectivity index is 0.970. The summed E-state index contributed by atoms with van der Waals surface area (Å²) in [7, 11) is 1.44. The fourth-order valence-corrected chi connectivity index (χ4v) is 9.15. The molecule has 1 atom stereocenters. The van der Waals surface area contributed by atoms with Crippen LogP contribution in [0.3, 0.4) is 0 Å². The lowest BCUT2D eigenvalue weighted by Crippen LogP contribution is -2.50. The fraction of sp³-hybridized carbons (Fsp3) is 0.575. The maximum Gasteiger partial charge on any atom is 0.322 e. The summed E-state index contributed by atoms with van der Waals surface area (Å²) in [6.45, 7) is 7.43. The van der Waals surface area contributed by atoms with E-state index in [1.54, 1.807) is 0 Å². The molecule has 2 N–H and O–H groups in total. The van der Waals surface area contributed by atoms with Crippen molar-refractivity contribution in [2.75, 3.05) is 64.8 Å². The first-order valence-corrected chi connectivity index (χ1v) is 19.2. The summed E-state index contributed by atoms with van der Waals surface area (Å²) < 4.78 is 4.85. The van der Waals surface area contributed by atoms with Crippen molar-refractivity contribution in [2.45, 2.75) is 70.8 Å². The highest BCUT2D eigenvalue weighted by atomic mass is 16.5. The molecule has 7 rings (SSSR count). The van der Waals surface area contributed by atoms with Gasteiger partial charge < -0.3 is 24.8 Å². The molecule has 0 saturated carbocycles. The molecule has 4 aliphatic heterocycles. The highest BCUT2D eigenvalue weighted by Crippen LogP contribution is 2.34. The first-order valence-electron chi connectivity index (χ1n) is 19.2. The van der Waals surface area contributed by atoms with Crippen molar-refractivity contribution in [3.8, 4) is 0 Å². The summed E-state index contributed by atoms with van der Waals surface area (Å²) >= 11 is 0. The number of rotatable bonds is 9. The van der Waals surface area contributed by atoms with E-state index < -0.39 is 5.92 Å². The molecule has 1 unspecified atom stereocenters. The van der Waals surface area contributed by atoms with Crippen LogP contribution >= 0.6 is 0 Å². The summed E-state index contributed by atoms with van der Waals surface area (Å²) in [5.74, 6) is 0.613. The standard InChI is InChI=1S/C40H53N7O5/c1-27-21-28(23-33-25-41-43-38(27)33)22-32(39(50)46-16-9-30(10-17-46)29-7-14-44(15-8-29)26-37(49)52-2)24-36(48)45-18-12-34(13-19-45)47-20-11-31-5-3-4-6-35(31)42-40(47)51/h3-6,21,23,25,29-30,32,34H,7-20,22,24,26H2,1-2H3,(H,41,43)(H,42,51). The number of hydrogen-bond acceptors (Lipinski definition) is 7. The van der Waals surface area contributed by atoms with Crippen molar-refractivity contribution in [1.82, 2.24) is 29.8 Å². The zero-order chi connectivity index (χ0) is 36.2. The SMILES string of the molecule is COC(=O)CN1CCC(C2CCN(C(=O)C(CC(=O)N3CCC(N4CCc5ccccc5NC4=O)CC3)Cc3cc(C)c4[nH]ncc4c3)CC2)CC1. The topological polar surface area (TPSA) is 131 Å². The average molecular weight is 712 g/mol. The molecule has 2 aromatic carbocycles. The number of fused-ring (bicyclic) bond motifs is 2. The van der Waals surface area contributed by atoms with Gasteiger partial charge in [0, 0.05) is 56.3 Å². The normalized spacial score (nSPS) is 20.3. The monoisotopic (exact) mass is 711 g/mol. The minimum absolute atomic E-state index is 0.0132. The Morgan fingerprint density at radius 2 is 1.60 bits per heavy atom. The Labute approximate surface area is 306 Å². The summed E-state index contributed by atoms with van der Waals surface area (Å²) in [6, 6.07) is 12.2. The van der Waals surface area contributed by atoms with Crippen molar-refractivity contribution in [3.05, 3.63) is 59.3 Å². The number of carbonyl (C=O) groups is 4. The Hall–Kier alpha value is -4.45. The summed E-state index contributed by atoms with van der Waals surface area (Å²) in [5.41, 5.74) is 5.13. The second-order valence-corrected chi connectivity index (χ2v) is 15.3. The van der Waals surface area contributed by atoms with Crippen LogP contribution in [-0.4, -0.2) is 119 Å². The molecule has 0 spiro atoms. The van der Waals surface area contributed by atoms with E-state index in [0.29, 0.717) is 57.5 Å². The van der Waals surface area contributed by atoms with Gasteiger partial charge in [-0.15, -0.1) is 0 Å². The van der Waals surface area contributed by atoms with E-state index >= 15 is 0 Å². The molecule has 0 radical (unpaired) electrons. The number of urea groups is 1. The molecule has 3 saturated heterocycles. The Kier molecular flexibility index (Phi) is 11.1. The second-order valence-electron chi connectivity index (χ2n) is 15.3. The van der Waals surface area contributed by atoms with Gasteiger partial charge in [-0.3, -0.25) is 24.4 Å². The van der Waals surface area contributed by atoms with Crippen molar-refractivity contribution in [3.63, 3.8) is 0 Å². The van der Waals surface area contributed by atoms with Crippen LogP contribution in [0.5, 0.6) is 0 Å². The number of esters is 1. The van der Waals surface area contributed by atoms with Gasteiger partial charge in [-0.2, -0.15) is 5.10 Å². The number of aromatic amines is 1. The van der Waals surface area contributed by atoms with Crippen LogP contribution in [0.1, 0.15) is 61.6 Å². The summed E-state index contributed by atoms with van der Waals surface area (Å²) in [5, 5.41) is 11.4. The van der Waals surface area contributed by atoms with E-state index in [-0.39, 0.29) is 36.3 Å². The average Bonchev–Trinajstić information content (AvgIpc) is 3.58. The molecule has 0 aliphatic carbocycles. The van der Waals surface area contributed by atoms with Gasteiger partial charge in [-0.25, -0.2) is 4.79 Å². The van der Waals surface area contributed by atoms with E-state index in [1.807, 2.05) is 46.0 Å². The number of nitrogens with zero attached hydrogens (tertiary/aromatic N) is 5. The second kappa shape index (κ2) is 16.1. The third-order valence-corrected chi connectivity index (χ3v) is 12.2. The number of likely N-dealkylation sites (tertiary alicyclic amines) is 3. The number of hydrogen-bond donors (Lipinski definition) is 2. The first kappa shape index (κ1) is 35.9. The zero-order valence-electron chi connectivity index (χ0n) is 30.6. The third-order valence-electron chi connectivity index (χ3n) is 12.2. The van der Waals surface area contributed by atoms with E-state index in [1.165, 1.54) is 7.11 Å². The largest absolute Gasteiger partial charge is 0.468 e. The van der Waals surface area contributed by atoms with Crippen LogP contribution < -0.4 is 5.32 Å². The number of H-pyrrole nitrogens is 1. The smallest absolute Gasteiger partial charge is 0.322 e. The molecule has 3 fully saturated rings. The van der Waals surface area contributed by atoms with Crippen LogP contribution in [0, 0.1) is 24.7 Å². The zero-order valence-corrected chi connectivity index (χ0v) is 30.6. The molecule has 3 aromatic rings. The Morgan fingerprint density at radius 1 is 0.904 bits per heavy atom. The molecule has 0 bridgehead atoms. The van der Waals surface area contributed by atoms with Gasteiger partial charge in [0.1, 0.15) is 0 Å². The summed E-state index contributed by atoms with van der Waals surface area (Å²) in [6.07, 6.45) is 8.79. The van der Waals surface area contributed by atoms with E-state index in [9.17, 15) is 19.2 Å². The quantitative estimate of drug-likeness (QED) is 0.310. The van der Waals surface area contributed by atoms with Gasteiger partial charge in [0.2, 0.25) is 11.8 Å². The third kappa shape index (κ3) is 8.11. The van der Waals surface area contributed by atoms with Gasteiger partial charge in [0.25, 0.3) is 0 Å². The molecule has 4 amide bonds. The van der Waals surface area contributed by atoms with E-state index in [2.05, 4.69) is 38.6 Å². The number of anilines is 1.